The Balaban J connectivity index is 2.83. The predicted molar refractivity (Wildman–Crippen MR) is 45.4 cm³/mol. The van der Waals surface area contributed by atoms with Gasteiger partial charge in [0, 0.05) is 6.20 Å². The Morgan fingerprint density at radius 1 is 1.60 bits per heavy atom. The van der Waals surface area contributed by atoms with Gasteiger partial charge in [-0.2, -0.15) is 23.5 Å². The summed E-state index contributed by atoms with van der Waals surface area (Å²) in [4.78, 5) is 0. The summed E-state index contributed by atoms with van der Waals surface area (Å²) in [6, 6.07) is 1.77. The fourth-order valence-corrected chi connectivity index (χ4v) is 0.968. The van der Waals surface area contributed by atoms with Gasteiger partial charge in [-0.3, -0.25) is 4.68 Å². The molecule has 1 atom stereocenters. The van der Waals surface area contributed by atoms with Gasteiger partial charge in [0.05, 0.1) is 24.4 Å². The van der Waals surface area contributed by atoms with E-state index in [0.717, 1.165) is 10.9 Å². The molecule has 1 heterocycles. The first-order valence-electron chi connectivity index (χ1n) is 4.04. The van der Waals surface area contributed by atoms with Crippen LogP contribution in [0.4, 0.5) is 13.2 Å². The molecule has 0 aliphatic carbocycles. The quantitative estimate of drug-likeness (QED) is 0.809. The van der Waals surface area contributed by atoms with Crippen LogP contribution in [0.25, 0.3) is 0 Å². The van der Waals surface area contributed by atoms with Crippen LogP contribution in [0.2, 0.25) is 0 Å². The highest BCUT2D eigenvalue weighted by Gasteiger charge is 2.32. The molecule has 0 fully saturated rings. The normalized spacial score (nSPS) is 15.7. The largest absolute Gasteiger partial charge is 0.419 e. The molecule has 0 aliphatic heterocycles. The van der Waals surface area contributed by atoms with Crippen molar-refractivity contribution < 1.29 is 13.2 Å². The molecule has 0 saturated heterocycles. The fourth-order valence-electron chi connectivity index (χ4n) is 0.968. The van der Waals surface area contributed by atoms with E-state index >= 15 is 0 Å². The Labute approximate surface area is 84.1 Å². The van der Waals surface area contributed by atoms with Gasteiger partial charge in [0.15, 0.2) is 0 Å². The van der Waals surface area contributed by atoms with Crippen LogP contribution in [0.15, 0.2) is 12.4 Å². The van der Waals surface area contributed by atoms with Gasteiger partial charge in [-0.15, -0.1) is 0 Å². The summed E-state index contributed by atoms with van der Waals surface area (Å²) in [5, 5.41) is 12.1. The third kappa shape index (κ3) is 2.95. The number of nitrogens with zero attached hydrogens (tertiary/aromatic N) is 3. The van der Waals surface area contributed by atoms with Gasteiger partial charge in [0.2, 0.25) is 0 Å². The van der Waals surface area contributed by atoms with Crippen molar-refractivity contribution in [3.63, 3.8) is 0 Å². The second-order valence-electron chi connectivity index (χ2n) is 3.45. The number of nitriles is 1. The van der Waals surface area contributed by atoms with Crippen molar-refractivity contribution in [3.05, 3.63) is 18.0 Å². The summed E-state index contributed by atoms with van der Waals surface area (Å²) in [6.45, 7) is 1.33. The number of halogens is 3. The van der Waals surface area contributed by atoms with Crippen molar-refractivity contribution in [1.29, 1.82) is 5.26 Å². The first-order valence-corrected chi connectivity index (χ1v) is 4.04. The Hall–Kier alpha value is -1.55. The zero-order valence-electron chi connectivity index (χ0n) is 7.91. The number of nitrogens with two attached hydrogens (primary N) is 1. The van der Waals surface area contributed by atoms with E-state index in [1.54, 1.807) is 6.07 Å². The molecule has 0 aromatic carbocycles. The zero-order chi connectivity index (χ0) is 11.7. The predicted octanol–water partition coefficient (Wildman–Crippen LogP) is 1.14. The average Bonchev–Trinajstić information content (AvgIpc) is 2.51. The van der Waals surface area contributed by atoms with Crippen LogP contribution in [-0.4, -0.2) is 15.3 Å². The Morgan fingerprint density at radius 3 is 2.60 bits per heavy atom. The molecular weight excluding hydrogens is 209 g/mol. The molecule has 0 bridgehead atoms. The fraction of sp³-hybridized carbons (Fsp3) is 0.500. The van der Waals surface area contributed by atoms with Crippen molar-refractivity contribution in [1.82, 2.24) is 9.78 Å². The van der Waals surface area contributed by atoms with Gasteiger partial charge in [-0.1, -0.05) is 0 Å². The van der Waals surface area contributed by atoms with Crippen LogP contribution >= 0.6 is 0 Å². The molecule has 1 rings (SSSR count). The van der Waals surface area contributed by atoms with Crippen LogP contribution < -0.4 is 5.73 Å². The topological polar surface area (TPSA) is 67.6 Å². The van der Waals surface area contributed by atoms with E-state index in [2.05, 4.69) is 5.10 Å². The minimum absolute atomic E-state index is 0.0837. The molecule has 2 N–H and O–H groups in total. The molecule has 0 aliphatic rings. The molecule has 1 aromatic heterocycles. The lowest BCUT2D eigenvalue weighted by Crippen LogP contribution is -2.39. The van der Waals surface area contributed by atoms with Gasteiger partial charge in [-0.25, -0.2) is 0 Å². The third-order valence-corrected chi connectivity index (χ3v) is 1.71. The van der Waals surface area contributed by atoms with Crippen molar-refractivity contribution in [2.75, 3.05) is 0 Å². The van der Waals surface area contributed by atoms with Crippen molar-refractivity contribution >= 4 is 0 Å². The number of hydrogen-bond acceptors (Lipinski definition) is 3. The molecule has 0 spiro atoms. The van der Waals surface area contributed by atoms with Crippen LogP contribution in [0.3, 0.4) is 0 Å². The monoisotopic (exact) mass is 218 g/mol. The maximum atomic E-state index is 12.2. The lowest BCUT2D eigenvalue weighted by atomic mass is 10.1. The van der Waals surface area contributed by atoms with E-state index in [-0.39, 0.29) is 6.54 Å². The lowest BCUT2D eigenvalue weighted by molar-refractivity contribution is -0.137. The smallest absolute Gasteiger partial charge is 0.312 e. The van der Waals surface area contributed by atoms with E-state index < -0.39 is 17.3 Å². The van der Waals surface area contributed by atoms with E-state index in [4.69, 9.17) is 11.0 Å². The first kappa shape index (κ1) is 11.5. The number of aromatic nitrogens is 2. The van der Waals surface area contributed by atoms with E-state index in [9.17, 15) is 13.2 Å². The molecule has 4 nitrogen and oxygen atoms in total. The van der Waals surface area contributed by atoms with E-state index in [1.807, 2.05) is 0 Å². The zero-order valence-corrected chi connectivity index (χ0v) is 7.91. The maximum Gasteiger partial charge on any atom is 0.419 e. The average molecular weight is 218 g/mol. The third-order valence-electron chi connectivity index (χ3n) is 1.71. The minimum atomic E-state index is -4.42. The van der Waals surface area contributed by atoms with Gasteiger partial charge in [0.25, 0.3) is 0 Å². The highest BCUT2D eigenvalue weighted by Crippen LogP contribution is 2.28. The molecule has 0 radical (unpaired) electrons. The second kappa shape index (κ2) is 3.55. The Kier molecular flexibility index (Phi) is 2.73. The van der Waals surface area contributed by atoms with Gasteiger partial charge in [-0.05, 0) is 6.92 Å². The van der Waals surface area contributed by atoms with Gasteiger partial charge >= 0.3 is 6.18 Å². The number of hydrogen-bond donors (Lipinski definition) is 1. The van der Waals surface area contributed by atoms with Crippen molar-refractivity contribution in [2.45, 2.75) is 25.2 Å². The summed E-state index contributed by atoms with van der Waals surface area (Å²) in [7, 11) is 0. The Bertz CT molecular complexity index is 385. The van der Waals surface area contributed by atoms with E-state index in [1.165, 1.54) is 6.92 Å². The molecule has 1 aromatic rings. The first-order chi connectivity index (χ1) is 6.74. The maximum absolute atomic E-state index is 12.2. The summed E-state index contributed by atoms with van der Waals surface area (Å²) in [6.07, 6.45) is -2.90. The van der Waals surface area contributed by atoms with E-state index in [0.29, 0.717) is 6.20 Å². The lowest BCUT2D eigenvalue weighted by Gasteiger charge is -2.14. The number of rotatable bonds is 2. The molecule has 82 valence electrons. The molecule has 1 unspecified atom stereocenters. The van der Waals surface area contributed by atoms with Crippen LogP contribution in [0, 0.1) is 11.3 Å². The minimum Gasteiger partial charge on any atom is -0.312 e. The van der Waals surface area contributed by atoms with Crippen LogP contribution in [-0.2, 0) is 12.7 Å². The highest BCUT2D eigenvalue weighted by atomic mass is 19.4. The summed E-state index contributed by atoms with van der Waals surface area (Å²) < 4.78 is 37.5. The molecular formula is C8H9F3N4. The second-order valence-corrected chi connectivity index (χ2v) is 3.45. The summed E-state index contributed by atoms with van der Waals surface area (Å²) >= 11 is 0. The highest BCUT2D eigenvalue weighted by molar-refractivity contribution is 5.10. The number of alkyl halides is 3. The van der Waals surface area contributed by atoms with Crippen molar-refractivity contribution in [3.8, 4) is 6.07 Å². The molecule has 15 heavy (non-hydrogen) atoms. The summed E-state index contributed by atoms with van der Waals surface area (Å²) in [5.41, 5.74) is 3.39. The summed E-state index contributed by atoms with van der Waals surface area (Å²) in [5.74, 6) is 0. The van der Waals surface area contributed by atoms with Crippen LogP contribution in [0.1, 0.15) is 12.5 Å². The SMILES string of the molecule is CC(N)(C#N)Cn1cc(C(F)(F)F)cn1. The van der Waals surface area contributed by atoms with Crippen LogP contribution in [0.5, 0.6) is 0 Å². The Morgan fingerprint density at radius 2 is 2.20 bits per heavy atom. The standard InChI is InChI=1S/C8H9F3N4/c1-7(13,4-12)5-15-3-6(2-14-15)8(9,10)11/h2-3H,5,13H2,1H3. The molecule has 0 saturated carbocycles. The molecule has 0 amide bonds. The molecule has 7 heteroatoms. The van der Waals surface area contributed by atoms with Gasteiger partial charge in [0.1, 0.15) is 5.54 Å². The van der Waals surface area contributed by atoms with Gasteiger partial charge < -0.3 is 5.73 Å². The van der Waals surface area contributed by atoms with Crippen molar-refractivity contribution in [2.24, 2.45) is 5.73 Å².